The van der Waals surface area contributed by atoms with Crippen molar-refractivity contribution < 1.29 is 14.4 Å². The van der Waals surface area contributed by atoms with E-state index in [1.807, 2.05) is 6.92 Å². The van der Waals surface area contributed by atoms with E-state index in [0.717, 1.165) is 11.3 Å². The van der Waals surface area contributed by atoms with Crippen molar-refractivity contribution in [2.24, 2.45) is 0 Å². The number of hydrogen-bond acceptors (Lipinski definition) is 5. The number of aliphatic hydroxyl groups is 1. The molecule has 2 N–H and O–H groups in total. The van der Waals surface area contributed by atoms with E-state index in [1.165, 1.54) is 6.07 Å². The topological polar surface area (TPSA) is 88.5 Å². The number of furan rings is 1. The highest BCUT2D eigenvalue weighted by molar-refractivity contribution is 6.32. The van der Waals surface area contributed by atoms with Gasteiger partial charge in [-0.2, -0.15) is 0 Å². The molecule has 0 fully saturated rings. The quantitative estimate of drug-likeness (QED) is 0.629. The SMILES string of the molecule is Cc1ccc([C@](C)(O)CNCc2ccc([N+](=O)[O-])c(Cl)c2)o1. The molecule has 0 aliphatic carbocycles. The lowest BCUT2D eigenvalue weighted by molar-refractivity contribution is -0.384. The fraction of sp³-hybridized carbons (Fsp3) is 0.333. The van der Waals surface area contributed by atoms with Crippen molar-refractivity contribution in [3.63, 3.8) is 0 Å². The van der Waals surface area contributed by atoms with E-state index in [1.54, 1.807) is 31.2 Å². The van der Waals surface area contributed by atoms with Crippen molar-refractivity contribution in [3.8, 4) is 0 Å². The number of benzene rings is 1. The normalized spacial score (nSPS) is 13.8. The highest BCUT2D eigenvalue weighted by Gasteiger charge is 2.26. The van der Waals surface area contributed by atoms with Gasteiger partial charge in [-0.3, -0.25) is 10.1 Å². The van der Waals surface area contributed by atoms with E-state index in [4.69, 9.17) is 16.0 Å². The first-order valence-corrected chi connectivity index (χ1v) is 7.10. The minimum atomic E-state index is -1.14. The summed E-state index contributed by atoms with van der Waals surface area (Å²) in [5.41, 5.74) is -0.468. The molecule has 0 saturated carbocycles. The number of nitro benzene ring substituents is 1. The minimum Gasteiger partial charge on any atom is -0.463 e. The van der Waals surface area contributed by atoms with Crippen LogP contribution in [-0.2, 0) is 12.1 Å². The van der Waals surface area contributed by atoms with E-state index in [9.17, 15) is 15.2 Å². The molecule has 0 spiro atoms. The summed E-state index contributed by atoms with van der Waals surface area (Å²) in [6.07, 6.45) is 0. The fourth-order valence-corrected chi connectivity index (χ4v) is 2.34. The first-order chi connectivity index (χ1) is 10.3. The largest absolute Gasteiger partial charge is 0.463 e. The highest BCUT2D eigenvalue weighted by Crippen LogP contribution is 2.25. The van der Waals surface area contributed by atoms with Gasteiger partial charge in [-0.1, -0.05) is 17.7 Å². The summed E-state index contributed by atoms with van der Waals surface area (Å²) in [5, 5.41) is 24.3. The zero-order chi connectivity index (χ0) is 16.3. The zero-order valence-corrected chi connectivity index (χ0v) is 13.1. The summed E-state index contributed by atoms with van der Waals surface area (Å²) in [7, 11) is 0. The van der Waals surface area contributed by atoms with Gasteiger partial charge in [-0.05, 0) is 37.6 Å². The number of aryl methyl sites for hydroxylation is 1. The monoisotopic (exact) mass is 324 g/mol. The first kappa shape index (κ1) is 16.5. The van der Waals surface area contributed by atoms with Crippen LogP contribution in [0, 0.1) is 17.0 Å². The molecule has 1 aromatic carbocycles. The van der Waals surface area contributed by atoms with Crippen LogP contribution in [0.3, 0.4) is 0 Å². The molecule has 0 radical (unpaired) electrons. The Kier molecular flexibility index (Phi) is 4.85. The van der Waals surface area contributed by atoms with E-state index in [2.05, 4.69) is 5.32 Å². The molecular weight excluding hydrogens is 308 g/mol. The van der Waals surface area contributed by atoms with Gasteiger partial charge in [0.25, 0.3) is 5.69 Å². The second-order valence-electron chi connectivity index (χ2n) is 5.33. The standard InChI is InChI=1S/C15H17ClN2O4/c1-10-3-6-14(22-10)15(2,19)9-17-8-11-4-5-13(18(20)21)12(16)7-11/h3-7,17,19H,8-9H2,1-2H3/t15-/m1/s1. The second-order valence-corrected chi connectivity index (χ2v) is 5.74. The molecule has 0 saturated heterocycles. The van der Waals surface area contributed by atoms with Crippen molar-refractivity contribution in [2.75, 3.05) is 6.54 Å². The van der Waals surface area contributed by atoms with Crippen LogP contribution >= 0.6 is 11.6 Å². The summed E-state index contributed by atoms with van der Waals surface area (Å²) in [5.74, 6) is 1.22. The maximum absolute atomic E-state index is 10.7. The summed E-state index contributed by atoms with van der Waals surface area (Å²) in [4.78, 5) is 10.2. The van der Waals surface area contributed by atoms with Crippen molar-refractivity contribution in [1.29, 1.82) is 0 Å². The maximum atomic E-state index is 10.7. The molecule has 1 aromatic heterocycles. The van der Waals surface area contributed by atoms with Gasteiger partial charge in [0.1, 0.15) is 22.1 Å². The number of nitrogens with one attached hydrogen (secondary N) is 1. The highest BCUT2D eigenvalue weighted by atomic mass is 35.5. The molecule has 0 bridgehead atoms. The van der Waals surface area contributed by atoms with Crippen molar-refractivity contribution in [2.45, 2.75) is 26.0 Å². The average Bonchev–Trinajstić information content (AvgIpc) is 2.86. The molecule has 0 aliphatic heterocycles. The molecule has 2 aromatic rings. The van der Waals surface area contributed by atoms with Gasteiger partial charge in [0.2, 0.25) is 0 Å². The molecule has 1 atom stereocenters. The first-order valence-electron chi connectivity index (χ1n) is 6.72. The second kappa shape index (κ2) is 6.48. The van der Waals surface area contributed by atoms with Gasteiger partial charge < -0.3 is 14.8 Å². The third kappa shape index (κ3) is 3.85. The van der Waals surface area contributed by atoms with E-state index < -0.39 is 10.5 Å². The Morgan fingerprint density at radius 1 is 1.41 bits per heavy atom. The van der Waals surface area contributed by atoms with Gasteiger partial charge in [-0.25, -0.2) is 0 Å². The van der Waals surface area contributed by atoms with E-state index in [-0.39, 0.29) is 17.3 Å². The summed E-state index contributed by atoms with van der Waals surface area (Å²) in [6.45, 7) is 4.16. The van der Waals surface area contributed by atoms with Gasteiger partial charge in [0, 0.05) is 19.2 Å². The maximum Gasteiger partial charge on any atom is 0.287 e. The number of hydrogen-bond donors (Lipinski definition) is 2. The van der Waals surface area contributed by atoms with Crippen molar-refractivity contribution in [3.05, 3.63) is 62.6 Å². The molecule has 0 unspecified atom stereocenters. The van der Waals surface area contributed by atoms with Gasteiger partial charge in [0.15, 0.2) is 0 Å². The number of nitrogens with zero attached hydrogens (tertiary/aromatic N) is 1. The molecular formula is C15H17ClN2O4. The van der Waals surface area contributed by atoms with Crippen molar-refractivity contribution >= 4 is 17.3 Å². The molecule has 2 rings (SSSR count). The third-order valence-electron chi connectivity index (χ3n) is 3.28. The van der Waals surface area contributed by atoms with E-state index in [0.29, 0.717) is 12.3 Å². The van der Waals surface area contributed by atoms with Crippen molar-refractivity contribution in [1.82, 2.24) is 5.32 Å². The summed E-state index contributed by atoms with van der Waals surface area (Å²) >= 11 is 5.86. The number of nitro groups is 1. The lowest BCUT2D eigenvalue weighted by Crippen LogP contribution is -2.34. The Labute approximate surface area is 132 Å². The van der Waals surface area contributed by atoms with E-state index >= 15 is 0 Å². The molecule has 1 heterocycles. The van der Waals surface area contributed by atoms with Crippen LogP contribution in [-0.4, -0.2) is 16.6 Å². The molecule has 22 heavy (non-hydrogen) atoms. The smallest absolute Gasteiger partial charge is 0.287 e. The Morgan fingerprint density at radius 3 is 2.68 bits per heavy atom. The molecule has 118 valence electrons. The lowest BCUT2D eigenvalue weighted by atomic mass is 10.0. The zero-order valence-electron chi connectivity index (χ0n) is 12.3. The summed E-state index contributed by atoms with van der Waals surface area (Å²) < 4.78 is 5.43. The molecule has 0 aliphatic rings. The van der Waals surface area contributed by atoms with Crippen LogP contribution < -0.4 is 5.32 Å². The molecule has 6 nitrogen and oxygen atoms in total. The molecule has 7 heteroatoms. The predicted octanol–water partition coefficient (Wildman–Crippen LogP) is 3.15. The van der Waals surface area contributed by atoms with Crippen LogP contribution in [0.2, 0.25) is 5.02 Å². The Hall–Kier alpha value is -1.89. The van der Waals surface area contributed by atoms with Crippen LogP contribution in [0.5, 0.6) is 0 Å². The van der Waals surface area contributed by atoms with Crippen LogP contribution in [0.15, 0.2) is 34.7 Å². The van der Waals surface area contributed by atoms with Gasteiger partial charge in [-0.15, -0.1) is 0 Å². The predicted molar refractivity (Wildman–Crippen MR) is 82.8 cm³/mol. The van der Waals surface area contributed by atoms with Crippen LogP contribution in [0.1, 0.15) is 24.0 Å². The molecule has 0 amide bonds. The minimum absolute atomic E-state index is 0.0951. The van der Waals surface area contributed by atoms with Crippen LogP contribution in [0.25, 0.3) is 0 Å². The number of halogens is 1. The van der Waals surface area contributed by atoms with Gasteiger partial charge in [0.05, 0.1) is 4.92 Å². The Morgan fingerprint density at radius 2 is 2.14 bits per heavy atom. The average molecular weight is 325 g/mol. The third-order valence-corrected chi connectivity index (χ3v) is 3.58. The fourth-order valence-electron chi connectivity index (χ4n) is 2.07. The van der Waals surface area contributed by atoms with Crippen LogP contribution in [0.4, 0.5) is 5.69 Å². The van der Waals surface area contributed by atoms with Gasteiger partial charge >= 0.3 is 0 Å². The number of rotatable bonds is 6. The lowest BCUT2D eigenvalue weighted by Gasteiger charge is -2.21. The summed E-state index contributed by atoms with van der Waals surface area (Å²) in [6, 6.07) is 8.06. The Balaban J connectivity index is 1.96. The Bertz CT molecular complexity index is 682.